The molecule has 0 radical (unpaired) electrons. The SMILES string of the molecule is CC(C)(C)c1ccccc1OCCNC(=O)C1CCN(S(=O)(=O)Cc2ccc(Cl)cc2Cl)CC1. The van der Waals surface area contributed by atoms with Crippen molar-refractivity contribution in [1.82, 2.24) is 9.62 Å². The smallest absolute Gasteiger partial charge is 0.223 e. The molecule has 1 aliphatic heterocycles. The number of nitrogens with one attached hydrogen (secondary N) is 1. The number of hydrogen-bond donors (Lipinski definition) is 1. The Morgan fingerprint density at radius 2 is 1.79 bits per heavy atom. The Bertz CT molecular complexity index is 1110. The Labute approximate surface area is 212 Å². The number of para-hydroxylation sites is 1. The first-order chi connectivity index (χ1) is 16.0. The zero-order chi connectivity index (χ0) is 24.9. The molecule has 1 amide bonds. The lowest BCUT2D eigenvalue weighted by Crippen LogP contribution is -2.44. The number of carbonyl (C=O) groups excluding carboxylic acids is 1. The van der Waals surface area contributed by atoms with Crippen molar-refractivity contribution in [3.05, 3.63) is 63.6 Å². The first-order valence-electron chi connectivity index (χ1n) is 11.4. The van der Waals surface area contributed by atoms with Gasteiger partial charge in [0.2, 0.25) is 15.9 Å². The van der Waals surface area contributed by atoms with Gasteiger partial charge in [-0.1, -0.05) is 68.2 Å². The fraction of sp³-hybridized carbons (Fsp3) is 0.480. The van der Waals surface area contributed by atoms with Gasteiger partial charge in [-0.25, -0.2) is 12.7 Å². The normalized spacial score (nSPS) is 15.8. The number of hydrogen-bond acceptors (Lipinski definition) is 4. The van der Waals surface area contributed by atoms with E-state index in [1.807, 2.05) is 18.2 Å². The van der Waals surface area contributed by atoms with E-state index in [1.54, 1.807) is 12.1 Å². The van der Waals surface area contributed by atoms with Gasteiger partial charge in [0.15, 0.2) is 0 Å². The Morgan fingerprint density at radius 1 is 1.12 bits per heavy atom. The molecule has 2 aromatic carbocycles. The van der Waals surface area contributed by atoms with Gasteiger partial charge in [-0.3, -0.25) is 4.79 Å². The quantitative estimate of drug-likeness (QED) is 0.489. The van der Waals surface area contributed by atoms with Gasteiger partial charge >= 0.3 is 0 Å². The van der Waals surface area contributed by atoms with E-state index in [4.69, 9.17) is 27.9 Å². The van der Waals surface area contributed by atoms with E-state index in [0.29, 0.717) is 54.7 Å². The third kappa shape index (κ3) is 7.11. The molecule has 3 rings (SSSR count). The zero-order valence-corrected chi connectivity index (χ0v) is 22.1. The minimum atomic E-state index is -3.53. The highest BCUT2D eigenvalue weighted by atomic mass is 35.5. The summed E-state index contributed by atoms with van der Waals surface area (Å²) in [7, 11) is -3.53. The minimum Gasteiger partial charge on any atom is -0.491 e. The van der Waals surface area contributed by atoms with Crippen molar-refractivity contribution in [1.29, 1.82) is 0 Å². The van der Waals surface area contributed by atoms with Crippen LogP contribution in [0.15, 0.2) is 42.5 Å². The Kier molecular flexibility index (Phi) is 8.90. The van der Waals surface area contributed by atoms with E-state index in [9.17, 15) is 13.2 Å². The highest BCUT2D eigenvalue weighted by molar-refractivity contribution is 7.88. The average molecular weight is 528 g/mol. The van der Waals surface area contributed by atoms with E-state index < -0.39 is 10.0 Å². The first-order valence-corrected chi connectivity index (χ1v) is 13.8. The molecule has 1 N–H and O–H groups in total. The lowest BCUT2D eigenvalue weighted by Gasteiger charge is -2.30. The van der Waals surface area contributed by atoms with Gasteiger partial charge in [-0.15, -0.1) is 0 Å². The number of benzene rings is 2. The van der Waals surface area contributed by atoms with Gasteiger partial charge in [-0.2, -0.15) is 0 Å². The standard InChI is InChI=1S/C25H32Cl2N2O4S/c1-25(2,3)21-6-4-5-7-23(21)33-15-12-28-24(30)18-10-13-29(14-11-18)34(31,32)17-19-8-9-20(26)16-22(19)27/h4-9,16,18H,10-15,17H2,1-3H3,(H,28,30). The van der Waals surface area contributed by atoms with E-state index in [-0.39, 0.29) is 23.0 Å². The van der Waals surface area contributed by atoms with Crippen molar-refractivity contribution >= 4 is 39.1 Å². The van der Waals surface area contributed by atoms with Crippen LogP contribution in [0.1, 0.15) is 44.7 Å². The molecule has 0 spiro atoms. The van der Waals surface area contributed by atoms with Crippen LogP contribution in [0.4, 0.5) is 0 Å². The van der Waals surface area contributed by atoms with Gasteiger partial charge < -0.3 is 10.1 Å². The number of rotatable bonds is 8. The van der Waals surface area contributed by atoms with Crippen molar-refractivity contribution in [3.8, 4) is 5.75 Å². The summed E-state index contributed by atoms with van der Waals surface area (Å²) >= 11 is 12.0. The van der Waals surface area contributed by atoms with Crippen molar-refractivity contribution in [2.45, 2.75) is 44.8 Å². The maximum absolute atomic E-state index is 12.8. The van der Waals surface area contributed by atoms with Crippen molar-refractivity contribution in [3.63, 3.8) is 0 Å². The fourth-order valence-corrected chi connectivity index (χ4v) is 6.16. The lowest BCUT2D eigenvalue weighted by molar-refractivity contribution is -0.126. The molecular weight excluding hydrogens is 495 g/mol. The summed E-state index contributed by atoms with van der Waals surface area (Å²) < 4.78 is 33.0. The topological polar surface area (TPSA) is 75.7 Å². The molecule has 0 saturated carbocycles. The van der Waals surface area contributed by atoms with Crippen LogP contribution in [0.3, 0.4) is 0 Å². The molecule has 0 unspecified atom stereocenters. The summed E-state index contributed by atoms with van der Waals surface area (Å²) in [6.07, 6.45) is 0.959. The third-order valence-corrected chi connectivity index (χ3v) is 8.34. The number of amides is 1. The second-order valence-electron chi connectivity index (χ2n) is 9.55. The molecule has 1 saturated heterocycles. The second kappa shape index (κ2) is 11.3. The average Bonchev–Trinajstić information content (AvgIpc) is 2.78. The highest BCUT2D eigenvalue weighted by Gasteiger charge is 2.31. The van der Waals surface area contributed by atoms with Crippen LogP contribution in [0.5, 0.6) is 5.75 Å². The largest absolute Gasteiger partial charge is 0.491 e. The monoisotopic (exact) mass is 526 g/mol. The molecule has 2 aromatic rings. The molecule has 186 valence electrons. The number of ether oxygens (including phenoxy) is 1. The maximum Gasteiger partial charge on any atom is 0.223 e. The van der Waals surface area contributed by atoms with E-state index in [1.165, 1.54) is 10.4 Å². The van der Waals surface area contributed by atoms with Crippen LogP contribution >= 0.6 is 23.2 Å². The molecule has 1 aliphatic rings. The van der Waals surface area contributed by atoms with E-state index >= 15 is 0 Å². The fourth-order valence-electron chi connectivity index (χ4n) is 4.01. The predicted octanol–water partition coefficient (Wildman–Crippen LogP) is 5.03. The van der Waals surface area contributed by atoms with Gasteiger partial charge in [-0.05, 0) is 47.6 Å². The summed E-state index contributed by atoms with van der Waals surface area (Å²) in [5.41, 5.74) is 1.60. The summed E-state index contributed by atoms with van der Waals surface area (Å²) in [6, 6.07) is 12.7. The third-order valence-electron chi connectivity index (χ3n) is 5.93. The second-order valence-corrected chi connectivity index (χ2v) is 12.4. The molecule has 1 heterocycles. The first kappa shape index (κ1) is 26.8. The number of nitrogens with zero attached hydrogens (tertiary/aromatic N) is 1. The number of piperidine rings is 1. The number of sulfonamides is 1. The van der Waals surface area contributed by atoms with Crippen LogP contribution in [-0.4, -0.2) is 44.9 Å². The van der Waals surface area contributed by atoms with Crippen LogP contribution in [0.25, 0.3) is 0 Å². The van der Waals surface area contributed by atoms with Crippen molar-refractivity contribution < 1.29 is 17.9 Å². The van der Waals surface area contributed by atoms with E-state index in [2.05, 4.69) is 32.2 Å². The molecule has 0 atom stereocenters. The van der Waals surface area contributed by atoms with Gasteiger partial charge in [0.05, 0.1) is 12.3 Å². The minimum absolute atomic E-state index is 0.0347. The van der Waals surface area contributed by atoms with E-state index in [0.717, 1.165) is 11.3 Å². The summed E-state index contributed by atoms with van der Waals surface area (Å²) in [6.45, 7) is 7.77. The molecule has 6 nitrogen and oxygen atoms in total. The molecular formula is C25H32Cl2N2O4S. The zero-order valence-electron chi connectivity index (χ0n) is 19.8. The van der Waals surface area contributed by atoms with Gasteiger partial charge in [0, 0.05) is 29.1 Å². The molecule has 1 fully saturated rings. The van der Waals surface area contributed by atoms with Crippen LogP contribution < -0.4 is 10.1 Å². The molecule has 0 aliphatic carbocycles. The van der Waals surface area contributed by atoms with Crippen LogP contribution in [-0.2, 0) is 26.0 Å². The van der Waals surface area contributed by atoms with Crippen LogP contribution in [0, 0.1) is 5.92 Å². The molecule has 9 heteroatoms. The molecule has 0 aromatic heterocycles. The Balaban J connectivity index is 1.45. The summed E-state index contributed by atoms with van der Waals surface area (Å²) in [4.78, 5) is 12.6. The van der Waals surface area contributed by atoms with Crippen molar-refractivity contribution in [2.24, 2.45) is 5.92 Å². The van der Waals surface area contributed by atoms with Gasteiger partial charge in [0.1, 0.15) is 12.4 Å². The maximum atomic E-state index is 12.8. The van der Waals surface area contributed by atoms with Crippen molar-refractivity contribution in [2.75, 3.05) is 26.2 Å². The summed E-state index contributed by atoms with van der Waals surface area (Å²) in [5.74, 6) is 0.356. The number of halogens is 2. The Hall–Kier alpha value is -1.80. The number of carbonyl (C=O) groups is 1. The molecule has 34 heavy (non-hydrogen) atoms. The molecule has 0 bridgehead atoms. The highest BCUT2D eigenvalue weighted by Crippen LogP contribution is 2.31. The predicted molar refractivity (Wildman–Crippen MR) is 137 cm³/mol. The van der Waals surface area contributed by atoms with Crippen LogP contribution in [0.2, 0.25) is 10.0 Å². The Morgan fingerprint density at radius 3 is 2.44 bits per heavy atom. The summed E-state index contributed by atoms with van der Waals surface area (Å²) in [5, 5.41) is 3.72. The van der Waals surface area contributed by atoms with Gasteiger partial charge in [0.25, 0.3) is 0 Å². The lowest BCUT2D eigenvalue weighted by atomic mass is 9.86.